The van der Waals surface area contributed by atoms with Crippen molar-refractivity contribution in [3.05, 3.63) is 65.5 Å². The van der Waals surface area contributed by atoms with E-state index < -0.39 is 5.97 Å². The molecule has 0 unspecified atom stereocenters. The van der Waals surface area contributed by atoms with E-state index in [2.05, 4.69) is 22.0 Å². The number of carboxylic acid groups (broad SMARTS) is 1. The summed E-state index contributed by atoms with van der Waals surface area (Å²) in [6.45, 7) is 3.25. The third kappa shape index (κ3) is 4.42. The third-order valence-corrected chi connectivity index (χ3v) is 4.77. The minimum Gasteiger partial charge on any atom is -0.478 e. The summed E-state index contributed by atoms with van der Waals surface area (Å²) in [6, 6.07) is 11.5. The SMILES string of the molecule is O=C(O)c1cccc([C@H]2CCCN(CCCc3cccnc3)C2)c1. The second-order valence-electron chi connectivity index (χ2n) is 6.54. The molecule has 2 aromatic rings. The van der Waals surface area contributed by atoms with Crippen LogP contribution in [0.25, 0.3) is 0 Å². The standard InChI is InChI=1S/C20H24N2O2/c23-20(24)18-8-1-7-17(13-18)19-9-4-12-22(15-19)11-3-6-16-5-2-10-21-14-16/h1-2,5,7-8,10,13-14,19H,3-4,6,9,11-12,15H2,(H,23,24)/t19-/m0/s1. The van der Waals surface area contributed by atoms with Crippen molar-refractivity contribution >= 4 is 5.97 Å². The number of pyridine rings is 1. The molecule has 1 aliphatic heterocycles. The number of nitrogens with zero attached hydrogens (tertiary/aromatic N) is 2. The van der Waals surface area contributed by atoms with E-state index in [4.69, 9.17) is 5.11 Å². The quantitative estimate of drug-likeness (QED) is 0.882. The number of rotatable bonds is 6. The van der Waals surface area contributed by atoms with Gasteiger partial charge in [-0.2, -0.15) is 0 Å². The van der Waals surface area contributed by atoms with Crippen LogP contribution in [0.2, 0.25) is 0 Å². The summed E-state index contributed by atoms with van der Waals surface area (Å²) in [6.07, 6.45) is 8.26. The molecule has 4 nitrogen and oxygen atoms in total. The zero-order valence-electron chi connectivity index (χ0n) is 13.9. The number of aromatic carboxylic acids is 1. The van der Waals surface area contributed by atoms with Crippen molar-refractivity contribution in [3.63, 3.8) is 0 Å². The van der Waals surface area contributed by atoms with Gasteiger partial charge in [-0.15, -0.1) is 0 Å². The molecule has 1 aromatic heterocycles. The molecule has 1 saturated heterocycles. The highest BCUT2D eigenvalue weighted by atomic mass is 16.4. The zero-order chi connectivity index (χ0) is 16.8. The van der Waals surface area contributed by atoms with Crippen molar-refractivity contribution < 1.29 is 9.90 Å². The summed E-state index contributed by atoms with van der Waals surface area (Å²) in [5.41, 5.74) is 2.84. The minimum atomic E-state index is -0.846. The number of carboxylic acids is 1. The van der Waals surface area contributed by atoms with Crippen molar-refractivity contribution in [2.75, 3.05) is 19.6 Å². The van der Waals surface area contributed by atoms with E-state index in [-0.39, 0.29) is 0 Å². The van der Waals surface area contributed by atoms with Crippen LogP contribution in [0.5, 0.6) is 0 Å². The van der Waals surface area contributed by atoms with E-state index in [0.29, 0.717) is 11.5 Å². The summed E-state index contributed by atoms with van der Waals surface area (Å²) in [5.74, 6) is -0.405. The van der Waals surface area contributed by atoms with E-state index in [9.17, 15) is 4.79 Å². The van der Waals surface area contributed by atoms with Gasteiger partial charge < -0.3 is 10.0 Å². The first-order valence-corrected chi connectivity index (χ1v) is 8.67. The molecule has 2 heterocycles. The Bertz CT molecular complexity index is 672. The molecule has 1 atom stereocenters. The normalized spacial score (nSPS) is 18.4. The summed E-state index contributed by atoms with van der Waals surface area (Å²) in [7, 11) is 0. The van der Waals surface area contributed by atoms with Crippen LogP contribution >= 0.6 is 0 Å². The fourth-order valence-electron chi connectivity index (χ4n) is 3.51. The molecule has 24 heavy (non-hydrogen) atoms. The lowest BCUT2D eigenvalue weighted by atomic mass is 9.89. The zero-order valence-corrected chi connectivity index (χ0v) is 13.9. The van der Waals surface area contributed by atoms with Gasteiger partial charge in [0.15, 0.2) is 0 Å². The predicted octanol–water partition coefficient (Wildman–Crippen LogP) is 3.59. The summed E-state index contributed by atoms with van der Waals surface area (Å²) in [4.78, 5) is 17.8. The Kier molecular flexibility index (Phi) is 5.59. The molecular formula is C20H24N2O2. The fourth-order valence-corrected chi connectivity index (χ4v) is 3.51. The van der Waals surface area contributed by atoms with E-state index in [1.54, 1.807) is 6.07 Å². The van der Waals surface area contributed by atoms with Crippen LogP contribution in [0.15, 0.2) is 48.8 Å². The third-order valence-electron chi connectivity index (χ3n) is 4.77. The van der Waals surface area contributed by atoms with Crippen molar-refractivity contribution in [1.29, 1.82) is 0 Å². The topological polar surface area (TPSA) is 53.4 Å². The Labute approximate surface area is 143 Å². The molecule has 0 saturated carbocycles. The summed E-state index contributed by atoms with van der Waals surface area (Å²) >= 11 is 0. The van der Waals surface area contributed by atoms with Crippen molar-refractivity contribution in [2.45, 2.75) is 31.6 Å². The van der Waals surface area contributed by atoms with Crippen LogP contribution in [0.1, 0.15) is 46.7 Å². The van der Waals surface area contributed by atoms with E-state index in [1.807, 2.05) is 30.6 Å². The first kappa shape index (κ1) is 16.7. The number of piperidine rings is 1. The van der Waals surface area contributed by atoms with Crippen molar-refractivity contribution in [2.24, 2.45) is 0 Å². The smallest absolute Gasteiger partial charge is 0.335 e. The Morgan fingerprint density at radius 1 is 1.29 bits per heavy atom. The highest BCUT2D eigenvalue weighted by Crippen LogP contribution is 2.27. The maximum atomic E-state index is 11.2. The average Bonchev–Trinajstić information content (AvgIpc) is 2.63. The van der Waals surface area contributed by atoms with Gasteiger partial charge in [0.2, 0.25) is 0 Å². The second-order valence-corrected chi connectivity index (χ2v) is 6.54. The van der Waals surface area contributed by atoms with Crippen LogP contribution < -0.4 is 0 Å². The molecule has 0 spiro atoms. The minimum absolute atomic E-state index is 0.390. The number of carbonyl (C=O) groups is 1. The summed E-state index contributed by atoms with van der Waals surface area (Å²) < 4.78 is 0. The van der Waals surface area contributed by atoms with Gasteiger partial charge in [-0.1, -0.05) is 18.2 Å². The molecule has 0 amide bonds. The number of hydrogen-bond acceptors (Lipinski definition) is 3. The van der Waals surface area contributed by atoms with Crippen LogP contribution in [0.3, 0.4) is 0 Å². The molecule has 4 heteroatoms. The molecule has 0 radical (unpaired) electrons. The molecule has 1 aromatic carbocycles. The molecule has 126 valence electrons. The first-order valence-electron chi connectivity index (χ1n) is 8.67. The van der Waals surface area contributed by atoms with Crippen LogP contribution in [0.4, 0.5) is 0 Å². The number of aryl methyl sites for hydroxylation is 1. The highest BCUT2D eigenvalue weighted by molar-refractivity contribution is 5.87. The van der Waals surface area contributed by atoms with Gasteiger partial charge >= 0.3 is 5.97 Å². The second kappa shape index (κ2) is 8.06. The lowest BCUT2D eigenvalue weighted by Gasteiger charge is -2.33. The van der Waals surface area contributed by atoms with Crippen LogP contribution in [-0.2, 0) is 6.42 Å². The van der Waals surface area contributed by atoms with E-state index in [1.165, 1.54) is 12.0 Å². The predicted molar refractivity (Wildman–Crippen MR) is 94.4 cm³/mol. The van der Waals surface area contributed by atoms with Gasteiger partial charge in [0.1, 0.15) is 0 Å². The van der Waals surface area contributed by atoms with Gasteiger partial charge in [0, 0.05) is 18.9 Å². The van der Waals surface area contributed by atoms with E-state index in [0.717, 1.165) is 44.5 Å². The van der Waals surface area contributed by atoms with Gasteiger partial charge in [0.25, 0.3) is 0 Å². The molecule has 1 N–H and O–H groups in total. The molecular weight excluding hydrogens is 300 g/mol. The number of benzene rings is 1. The van der Waals surface area contributed by atoms with E-state index >= 15 is 0 Å². The Morgan fingerprint density at radius 2 is 2.21 bits per heavy atom. The van der Waals surface area contributed by atoms with Crippen molar-refractivity contribution in [1.82, 2.24) is 9.88 Å². The number of likely N-dealkylation sites (tertiary alicyclic amines) is 1. The lowest BCUT2D eigenvalue weighted by molar-refractivity contribution is 0.0696. The van der Waals surface area contributed by atoms with Gasteiger partial charge in [-0.3, -0.25) is 4.98 Å². The Hall–Kier alpha value is -2.20. The average molecular weight is 324 g/mol. The first-order chi connectivity index (χ1) is 11.7. The molecule has 1 fully saturated rings. The molecule has 0 bridgehead atoms. The molecule has 0 aliphatic carbocycles. The molecule has 1 aliphatic rings. The monoisotopic (exact) mass is 324 g/mol. The van der Waals surface area contributed by atoms with Crippen LogP contribution in [0, 0.1) is 0 Å². The Balaban J connectivity index is 1.54. The lowest BCUT2D eigenvalue weighted by Crippen LogP contribution is -2.35. The molecule has 3 rings (SSSR count). The Morgan fingerprint density at radius 3 is 3.00 bits per heavy atom. The fraction of sp³-hybridized carbons (Fsp3) is 0.400. The highest BCUT2D eigenvalue weighted by Gasteiger charge is 2.21. The van der Waals surface area contributed by atoms with Crippen molar-refractivity contribution in [3.8, 4) is 0 Å². The van der Waals surface area contributed by atoms with Crippen LogP contribution in [-0.4, -0.2) is 40.6 Å². The van der Waals surface area contributed by atoms with Gasteiger partial charge in [-0.05, 0) is 74.0 Å². The van der Waals surface area contributed by atoms with Gasteiger partial charge in [-0.25, -0.2) is 4.79 Å². The largest absolute Gasteiger partial charge is 0.478 e. The maximum absolute atomic E-state index is 11.2. The summed E-state index contributed by atoms with van der Waals surface area (Å²) in [5, 5.41) is 9.17. The van der Waals surface area contributed by atoms with Gasteiger partial charge in [0.05, 0.1) is 5.56 Å². The maximum Gasteiger partial charge on any atom is 0.335 e. The number of hydrogen-bond donors (Lipinski definition) is 1. The number of aromatic nitrogens is 1.